The molecule has 0 heterocycles. The molecule has 4 heteroatoms. The highest BCUT2D eigenvalue weighted by atomic mass is 32.2. The van der Waals surface area contributed by atoms with Crippen molar-refractivity contribution in [2.45, 2.75) is 38.1 Å². The first kappa shape index (κ1) is 12.2. The molecule has 0 amide bonds. The van der Waals surface area contributed by atoms with Crippen molar-refractivity contribution in [3.05, 3.63) is 0 Å². The SMILES string of the molecule is CN(C(=S)SCCC#N)C1CC2CCC1C2. The molecule has 0 radical (unpaired) electrons. The summed E-state index contributed by atoms with van der Waals surface area (Å²) in [5, 5.41) is 8.49. The third-order valence-corrected chi connectivity index (χ3v) is 5.51. The number of hydrogen-bond donors (Lipinski definition) is 0. The molecule has 0 spiro atoms. The van der Waals surface area contributed by atoms with Crippen molar-refractivity contribution in [1.82, 2.24) is 4.90 Å². The second kappa shape index (κ2) is 5.37. The zero-order chi connectivity index (χ0) is 11.5. The summed E-state index contributed by atoms with van der Waals surface area (Å²) in [6.07, 6.45) is 6.17. The quantitative estimate of drug-likeness (QED) is 0.571. The van der Waals surface area contributed by atoms with E-state index in [4.69, 9.17) is 17.5 Å². The van der Waals surface area contributed by atoms with Crippen molar-refractivity contribution < 1.29 is 0 Å². The van der Waals surface area contributed by atoms with E-state index in [0.717, 1.165) is 21.9 Å². The largest absolute Gasteiger partial charge is 0.357 e. The molecule has 3 atom stereocenters. The zero-order valence-electron chi connectivity index (χ0n) is 9.69. The minimum absolute atomic E-state index is 0.593. The van der Waals surface area contributed by atoms with Gasteiger partial charge < -0.3 is 4.90 Å². The van der Waals surface area contributed by atoms with Crippen LogP contribution in [0.15, 0.2) is 0 Å². The Bertz CT molecular complexity index is 311. The average Bonchev–Trinajstić information content (AvgIpc) is 2.90. The van der Waals surface area contributed by atoms with Crippen molar-refractivity contribution in [2.24, 2.45) is 11.8 Å². The van der Waals surface area contributed by atoms with Crippen LogP contribution >= 0.6 is 24.0 Å². The molecule has 3 unspecified atom stereocenters. The molecule has 2 nitrogen and oxygen atoms in total. The number of hydrogen-bond acceptors (Lipinski definition) is 3. The van der Waals surface area contributed by atoms with E-state index in [-0.39, 0.29) is 0 Å². The van der Waals surface area contributed by atoms with E-state index in [1.54, 1.807) is 11.8 Å². The monoisotopic (exact) mass is 254 g/mol. The van der Waals surface area contributed by atoms with Crippen LogP contribution in [0.25, 0.3) is 0 Å². The van der Waals surface area contributed by atoms with Gasteiger partial charge in [0.2, 0.25) is 0 Å². The Morgan fingerprint density at radius 1 is 1.50 bits per heavy atom. The van der Waals surface area contributed by atoms with E-state index in [2.05, 4.69) is 18.0 Å². The van der Waals surface area contributed by atoms with Gasteiger partial charge in [-0.2, -0.15) is 5.26 Å². The minimum Gasteiger partial charge on any atom is -0.357 e. The third kappa shape index (κ3) is 2.52. The molecule has 2 aliphatic carbocycles. The summed E-state index contributed by atoms with van der Waals surface area (Å²) >= 11 is 7.08. The van der Waals surface area contributed by atoms with Gasteiger partial charge in [-0.15, -0.1) is 0 Å². The zero-order valence-corrected chi connectivity index (χ0v) is 11.3. The maximum absolute atomic E-state index is 8.49. The lowest BCUT2D eigenvalue weighted by Crippen LogP contribution is -2.38. The van der Waals surface area contributed by atoms with Crippen LogP contribution in [0.2, 0.25) is 0 Å². The first-order valence-corrected chi connectivity index (χ1v) is 7.38. The number of rotatable bonds is 3. The fraction of sp³-hybridized carbons (Fsp3) is 0.833. The number of nitriles is 1. The fourth-order valence-corrected chi connectivity index (χ4v) is 4.20. The lowest BCUT2D eigenvalue weighted by Gasteiger charge is -2.32. The second-order valence-electron chi connectivity index (χ2n) is 4.88. The Morgan fingerprint density at radius 3 is 2.88 bits per heavy atom. The highest BCUT2D eigenvalue weighted by Crippen LogP contribution is 2.46. The van der Waals surface area contributed by atoms with Crippen LogP contribution in [-0.4, -0.2) is 28.1 Å². The number of thiocarbonyl (C=S) groups is 1. The lowest BCUT2D eigenvalue weighted by molar-refractivity contribution is 0.265. The molecule has 0 aromatic heterocycles. The number of thioether (sulfide) groups is 1. The molecule has 2 rings (SSSR count). The summed E-state index contributed by atoms with van der Waals surface area (Å²) in [5.41, 5.74) is 0. The van der Waals surface area contributed by atoms with Gasteiger partial charge in [0, 0.05) is 25.3 Å². The van der Waals surface area contributed by atoms with Crippen molar-refractivity contribution in [3.8, 4) is 6.07 Å². The molecule has 2 fully saturated rings. The van der Waals surface area contributed by atoms with Crippen LogP contribution in [0.5, 0.6) is 0 Å². The van der Waals surface area contributed by atoms with Crippen LogP contribution in [0.1, 0.15) is 32.1 Å². The normalized spacial score (nSPS) is 31.4. The molecule has 0 aromatic carbocycles. The Labute approximate surface area is 107 Å². The van der Waals surface area contributed by atoms with Gasteiger partial charge in [-0.25, -0.2) is 0 Å². The second-order valence-corrected chi connectivity index (χ2v) is 6.60. The van der Waals surface area contributed by atoms with Crippen LogP contribution in [0.4, 0.5) is 0 Å². The Balaban J connectivity index is 1.81. The van der Waals surface area contributed by atoms with E-state index in [0.29, 0.717) is 12.5 Å². The van der Waals surface area contributed by atoms with Crippen molar-refractivity contribution >= 4 is 28.3 Å². The van der Waals surface area contributed by atoms with Gasteiger partial charge in [0.05, 0.1) is 6.07 Å². The molecule has 0 N–H and O–H groups in total. The Morgan fingerprint density at radius 2 is 2.31 bits per heavy atom. The summed E-state index contributed by atoms with van der Waals surface area (Å²) in [4.78, 5) is 2.29. The molecule has 0 saturated heterocycles. The third-order valence-electron chi connectivity index (χ3n) is 3.93. The van der Waals surface area contributed by atoms with E-state index in [1.165, 1.54) is 25.7 Å². The smallest absolute Gasteiger partial charge is 0.136 e. The van der Waals surface area contributed by atoms with Crippen molar-refractivity contribution in [2.75, 3.05) is 12.8 Å². The van der Waals surface area contributed by atoms with Crippen LogP contribution in [0.3, 0.4) is 0 Å². The molecule has 2 saturated carbocycles. The number of fused-ring (bicyclic) bond motifs is 2. The van der Waals surface area contributed by atoms with Crippen molar-refractivity contribution in [1.29, 1.82) is 5.26 Å². The maximum atomic E-state index is 8.49. The molecular formula is C12H18N2S2. The van der Waals surface area contributed by atoms with Gasteiger partial charge in [0.25, 0.3) is 0 Å². The molecule has 2 bridgehead atoms. The number of nitrogens with zero attached hydrogens (tertiary/aromatic N) is 2. The summed E-state index contributed by atoms with van der Waals surface area (Å²) in [6, 6.07) is 2.84. The summed E-state index contributed by atoms with van der Waals surface area (Å²) < 4.78 is 0.979. The van der Waals surface area contributed by atoms with Crippen LogP contribution in [0, 0.1) is 23.2 Å². The Hall–Kier alpha value is -0.270. The van der Waals surface area contributed by atoms with Gasteiger partial charge in [-0.3, -0.25) is 0 Å². The van der Waals surface area contributed by atoms with Gasteiger partial charge in [-0.05, 0) is 31.1 Å². The van der Waals surface area contributed by atoms with Gasteiger partial charge in [-0.1, -0.05) is 30.4 Å². The fourth-order valence-electron chi connectivity index (χ4n) is 3.11. The molecule has 0 aliphatic heterocycles. The molecule has 88 valence electrons. The summed E-state index contributed by atoms with van der Waals surface area (Å²) in [5.74, 6) is 2.68. The summed E-state index contributed by atoms with van der Waals surface area (Å²) in [7, 11) is 2.13. The van der Waals surface area contributed by atoms with E-state index >= 15 is 0 Å². The predicted molar refractivity (Wildman–Crippen MR) is 72.3 cm³/mol. The molecule has 0 aromatic rings. The topological polar surface area (TPSA) is 27.0 Å². The predicted octanol–water partition coefficient (Wildman–Crippen LogP) is 3.04. The highest BCUT2D eigenvalue weighted by Gasteiger charge is 2.41. The van der Waals surface area contributed by atoms with Crippen molar-refractivity contribution in [3.63, 3.8) is 0 Å². The summed E-state index contributed by atoms with van der Waals surface area (Å²) in [6.45, 7) is 0. The van der Waals surface area contributed by atoms with Crippen LogP contribution in [-0.2, 0) is 0 Å². The lowest BCUT2D eigenvalue weighted by atomic mass is 9.95. The highest BCUT2D eigenvalue weighted by molar-refractivity contribution is 8.22. The van der Waals surface area contributed by atoms with Crippen LogP contribution < -0.4 is 0 Å². The average molecular weight is 254 g/mol. The van der Waals surface area contributed by atoms with E-state index in [1.807, 2.05) is 0 Å². The minimum atomic E-state index is 0.593. The maximum Gasteiger partial charge on any atom is 0.136 e. The standard InChI is InChI=1S/C12H18N2S2/c1-14(12(15)16-6-2-5-13)11-8-9-3-4-10(11)7-9/h9-11H,2-4,6-8H2,1H3. The van der Waals surface area contributed by atoms with E-state index in [9.17, 15) is 0 Å². The molecular weight excluding hydrogens is 236 g/mol. The van der Waals surface area contributed by atoms with E-state index < -0.39 is 0 Å². The first-order chi connectivity index (χ1) is 7.72. The molecule has 16 heavy (non-hydrogen) atoms. The van der Waals surface area contributed by atoms with Gasteiger partial charge in [0.1, 0.15) is 4.32 Å². The van der Waals surface area contributed by atoms with Gasteiger partial charge >= 0.3 is 0 Å². The Kier molecular flexibility index (Phi) is 4.10. The van der Waals surface area contributed by atoms with Gasteiger partial charge in [0.15, 0.2) is 0 Å². The molecule has 2 aliphatic rings. The first-order valence-electron chi connectivity index (χ1n) is 5.99.